The van der Waals surface area contributed by atoms with Gasteiger partial charge in [-0.25, -0.2) is 0 Å². The minimum absolute atomic E-state index is 0.0778. The highest BCUT2D eigenvalue weighted by Crippen LogP contribution is 2.47. The van der Waals surface area contributed by atoms with Gasteiger partial charge in [0.1, 0.15) is 29.5 Å². The van der Waals surface area contributed by atoms with Gasteiger partial charge < -0.3 is 29.2 Å². The second-order valence-electron chi connectivity index (χ2n) is 12.1. The molecule has 0 amide bonds. The fraction of sp³-hybridized carbons (Fsp3) is 0.531. The maximum Gasteiger partial charge on any atom is 0.304 e. The van der Waals surface area contributed by atoms with Crippen molar-refractivity contribution in [3.63, 3.8) is 0 Å². The molecule has 228 valence electrons. The molecule has 3 heterocycles. The first-order valence-electron chi connectivity index (χ1n) is 14.7. The number of hydrogen-bond acceptors (Lipinski definition) is 8. The molecule has 5 aliphatic rings. The zero-order valence-corrected chi connectivity index (χ0v) is 24.7. The van der Waals surface area contributed by atoms with E-state index in [1.807, 2.05) is 18.2 Å². The smallest absolute Gasteiger partial charge is 0.304 e. The Kier molecular flexibility index (Phi) is 8.19. The lowest BCUT2D eigenvalue weighted by atomic mass is 9.86. The van der Waals surface area contributed by atoms with Gasteiger partial charge in [-0.3, -0.25) is 13.9 Å². The number of aliphatic carboxylic acids is 1. The Morgan fingerprint density at radius 1 is 1.10 bits per heavy atom. The van der Waals surface area contributed by atoms with Crippen LogP contribution < -0.4 is 4.74 Å². The number of hydrogen-bond donors (Lipinski definition) is 4. The van der Waals surface area contributed by atoms with Gasteiger partial charge in [0, 0.05) is 35.3 Å². The monoisotopic (exact) mass is 600 g/mol. The van der Waals surface area contributed by atoms with E-state index in [2.05, 4.69) is 25.2 Å². The number of fused-ring (bicyclic) bond motifs is 4. The molecule has 0 aromatic heterocycles. The predicted octanol–water partition coefficient (Wildman–Crippen LogP) is 5.23. The second kappa shape index (κ2) is 11.7. The number of carbonyl (C=O) groups is 1. The molecule has 42 heavy (non-hydrogen) atoms. The molecule has 2 unspecified atom stereocenters. The summed E-state index contributed by atoms with van der Waals surface area (Å²) in [5, 5.41) is 20.1. The van der Waals surface area contributed by atoms with Crippen molar-refractivity contribution < 1.29 is 43.1 Å². The SMILES string of the molecule is Cc1cc(OCC2(O)CCS(O)(O)CC2)cc2c1C1=CC(COC3C=C4OC[C@@H](CC(=O)O)C4=CC3)CC=C1OCC2. The molecule has 1 aromatic rings. The van der Waals surface area contributed by atoms with Crippen LogP contribution in [0, 0.1) is 18.8 Å². The normalized spacial score (nSPS) is 28.1. The summed E-state index contributed by atoms with van der Waals surface area (Å²) in [6, 6.07) is 4.03. The number of rotatable bonds is 8. The van der Waals surface area contributed by atoms with E-state index < -0.39 is 22.2 Å². The zero-order valence-electron chi connectivity index (χ0n) is 23.9. The Morgan fingerprint density at radius 3 is 2.69 bits per heavy atom. The first-order chi connectivity index (χ1) is 20.1. The van der Waals surface area contributed by atoms with E-state index in [1.54, 1.807) is 0 Å². The molecule has 4 N–H and O–H groups in total. The number of allylic oxidation sites excluding steroid dienone is 3. The van der Waals surface area contributed by atoms with Crippen molar-refractivity contribution in [2.75, 3.05) is 37.9 Å². The molecular formula is C32H40O9S. The molecule has 2 saturated heterocycles. The summed E-state index contributed by atoms with van der Waals surface area (Å²) < 4.78 is 44.1. The van der Waals surface area contributed by atoms with Crippen LogP contribution in [-0.2, 0) is 25.4 Å². The van der Waals surface area contributed by atoms with Gasteiger partial charge in [0.25, 0.3) is 0 Å². The molecule has 0 radical (unpaired) electrons. The zero-order chi connectivity index (χ0) is 29.5. The molecule has 0 bridgehead atoms. The number of aliphatic hydroxyl groups is 1. The minimum atomic E-state index is -2.57. The highest BCUT2D eigenvalue weighted by atomic mass is 32.3. The van der Waals surface area contributed by atoms with E-state index in [0.29, 0.717) is 44.8 Å². The van der Waals surface area contributed by atoms with Crippen LogP contribution in [0.3, 0.4) is 0 Å². The number of benzene rings is 1. The van der Waals surface area contributed by atoms with Crippen molar-refractivity contribution >= 4 is 22.1 Å². The molecule has 2 fully saturated rings. The third kappa shape index (κ3) is 6.43. The molecule has 3 atom stereocenters. The van der Waals surface area contributed by atoms with Crippen LogP contribution in [0.1, 0.15) is 48.8 Å². The van der Waals surface area contributed by atoms with E-state index in [9.17, 15) is 19.0 Å². The molecule has 2 aliphatic carbocycles. The molecule has 0 saturated carbocycles. The van der Waals surface area contributed by atoms with Gasteiger partial charge in [-0.05, 0) is 79.2 Å². The second-order valence-corrected chi connectivity index (χ2v) is 14.6. The lowest BCUT2D eigenvalue weighted by Crippen LogP contribution is -2.42. The maximum atomic E-state index is 11.2. The van der Waals surface area contributed by atoms with Gasteiger partial charge in [0.05, 0.1) is 32.3 Å². The first-order valence-corrected chi connectivity index (χ1v) is 16.6. The van der Waals surface area contributed by atoms with Crippen molar-refractivity contribution in [1.29, 1.82) is 0 Å². The number of aryl methyl sites for hydroxylation is 1. The van der Waals surface area contributed by atoms with Crippen LogP contribution in [-0.4, -0.2) is 74.9 Å². The number of ether oxygens (including phenoxy) is 4. The quantitative estimate of drug-likeness (QED) is 0.316. The van der Waals surface area contributed by atoms with Crippen molar-refractivity contribution in [3.05, 3.63) is 70.2 Å². The van der Waals surface area contributed by atoms with E-state index in [0.717, 1.165) is 52.2 Å². The highest BCUT2D eigenvalue weighted by Gasteiger charge is 2.37. The average Bonchev–Trinajstić information content (AvgIpc) is 3.24. The molecule has 0 spiro atoms. The maximum absolute atomic E-state index is 11.2. The third-order valence-corrected chi connectivity index (χ3v) is 10.6. The molecule has 1 aromatic carbocycles. The Bertz CT molecular complexity index is 1350. The summed E-state index contributed by atoms with van der Waals surface area (Å²) >= 11 is 0. The van der Waals surface area contributed by atoms with Crippen LogP contribution in [0.25, 0.3) is 5.57 Å². The van der Waals surface area contributed by atoms with Crippen molar-refractivity contribution in [1.82, 2.24) is 0 Å². The molecule has 9 nitrogen and oxygen atoms in total. The number of carboxylic acid groups (broad SMARTS) is 1. The minimum Gasteiger partial charge on any atom is -0.493 e. The lowest BCUT2D eigenvalue weighted by molar-refractivity contribution is -0.137. The summed E-state index contributed by atoms with van der Waals surface area (Å²) in [5.41, 5.74) is 4.35. The Labute approximate surface area is 247 Å². The van der Waals surface area contributed by atoms with Crippen molar-refractivity contribution in [2.45, 2.75) is 57.2 Å². The Morgan fingerprint density at radius 2 is 1.90 bits per heavy atom. The van der Waals surface area contributed by atoms with Crippen molar-refractivity contribution in [2.24, 2.45) is 11.8 Å². The van der Waals surface area contributed by atoms with Crippen LogP contribution in [0.4, 0.5) is 0 Å². The molecule has 10 heteroatoms. The molecule has 6 rings (SSSR count). The number of carboxylic acids is 1. The fourth-order valence-corrected chi connectivity index (χ4v) is 8.09. The topological polar surface area (TPSA) is 135 Å². The van der Waals surface area contributed by atoms with Gasteiger partial charge >= 0.3 is 5.97 Å². The Hall–Kier alpha value is -2.76. The summed E-state index contributed by atoms with van der Waals surface area (Å²) in [4.78, 5) is 11.2. The summed E-state index contributed by atoms with van der Waals surface area (Å²) in [7, 11) is -2.57. The van der Waals surface area contributed by atoms with E-state index >= 15 is 0 Å². The van der Waals surface area contributed by atoms with E-state index in [1.165, 1.54) is 0 Å². The van der Waals surface area contributed by atoms with Crippen LogP contribution in [0.2, 0.25) is 0 Å². The third-order valence-electron chi connectivity index (χ3n) is 8.88. The van der Waals surface area contributed by atoms with Gasteiger partial charge in [0.2, 0.25) is 0 Å². The average molecular weight is 601 g/mol. The molecule has 3 aliphatic heterocycles. The summed E-state index contributed by atoms with van der Waals surface area (Å²) in [6.45, 7) is 3.69. The lowest BCUT2D eigenvalue weighted by Gasteiger charge is -2.43. The highest BCUT2D eigenvalue weighted by molar-refractivity contribution is 8.24. The standard InChI is InChI=1S/C32H40O9S/c1-20-12-25(41-19-32(35)7-10-42(36,37)11-8-32)14-22-6-9-38-28-5-2-21(13-27(28)31(20)22)17-39-24-3-4-26-23(15-30(33)34)18-40-29(26)16-24/h4-5,12-14,16,21,23-24,35-37H,2-3,6-11,15,17-19H2,1H3,(H,33,34)/t21?,23-,24?/m1/s1. The van der Waals surface area contributed by atoms with Gasteiger partial charge in [0.15, 0.2) is 0 Å². The van der Waals surface area contributed by atoms with Crippen molar-refractivity contribution in [3.8, 4) is 5.75 Å². The van der Waals surface area contributed by atoms with Gasteiger partial charge in [-0.2, -0.15) is 10.6 Å². The van der Waals surface area contributed by atoms with E-state index in [-0.39, 0.29) is 42.5 Å². The van der Waals surface area contributed by atoms with Crippen LogP contribution in [0.15, 0.2) is 53.5 Å². The predicted molar refractivity (Wildman–Crippen MR) is 159 cm³/mol. The first kappa shape index (κ1) is 29.3. The fourth-order valence-electron chi connectivity index (χ4n) is 6.47. The summed E-state index contributed by atoms with van der Waals surface area (Å²) in [6.07, 6.45) is 11.3. The molecular weight excluding hydrogens is 560 g/mol. The van der Waals surface area contributed by atoms with Gasteiger partial charge in [-0.1, -0.05) is 12.2 Å². The largest absolute Gasteiger partial charge is 0.493 e. The van der Waals surface area contributed by atoms with E-state index in [4.69, 9.17) is 24.1 Å². The van der Waals surface area contributed by atoms with Crippen LogP contribution in [0.5, 0.6) is 5.75 Å². The Balaban J connectivity index is 1.11. The van der Waals surface area contributed by atoms with Gasteiger partial charge in [-0.15, -0.1) is 0 Å². The van der Waals surface area contributed by atoms with Crippen LogP contribution >= 0.6 is 10.6 Å². The summed E-state index contributed by atoms with van der Waals surface area (Å²) in [5.74, 6) is 2.03.